The zero-order valence-electron chi connectivity index (χ0n) is 15.5. The quantitative estimate of drug-likeness (QED) is 0.875. The van der Waals surface area contributed by atoms with Gasteiger partial charge in [0, 0.05) is 31.9 Å². The Labute approximate surface area is 150 Å². The van der Waals surface area contributed by atoms with Crippen molar-refractivity contribution < 1.29 is 9.90 Å². The minimum atomic E-state index is -0.670. The van der Waals surface area contributed by atoms with Gasteiger partial charge in [0.2, 0.25) is 5.91 Å². The largest absolute Gasteiger partial charge is 0.388 e. The number of carbonyl (C=O) groups is 1. The number of piperidine rings is 2. The second kappa shape index (κ2) is 6.96. The van der Waals surface area contributed by atoms with Gasteiger partial charge in [-0.1, -0.05) is 12.1 Å². The second-order valence-electron chi connectivity index (χ2n) is 8.29. The molecule has 2 fully saturated rings. The molecule has 0 aliphatic carbocycles. The van der Waals surface area contributed by atoms with Crippen LogP contribution in [0.1, 0.15) is 38.2 Å². The molecule has 2 aliphatic rings. The van der Waals surface area contributed by atoms with E-state index in [4.69, 9.17) is 5.73 Å². The average Bonchev–Trinajstić information content (AvgIpc) is 2.55. The van der Waals surface area contributed by atoms with Gasteiger partial charge in [-0.15, -0.1) is 0 Å². The molecule has 1 unspecified atom stereocenters. The van der Waals surface area contributed by atoms with Gasteiger partial charge in [-0.2, -0.15) is 0 Å². The molecule has 2 saturated heterocycles. The number of β-amino-alcohol motifs (C(OH)–C–C–N with tert-alkyl or cyclic N) is 1. The fourth-order valence-corrected chi connectivity index (χ4v) is 4.26. The number of rotatable bonds is 4. The van der Waals surface area contributed by atoms with Crippen LogP contribution in [0.3, 0.4) is 0 Å². The summed E-state index contributed by atoms with van der Waals surface area (Å²) < 4.78 is 0. The van der Waals surface area contributed by atoms with Crippen molar-refractivity contribution >= 4 is 11.6 Å². The number of hydrogen-bond donors (Lipinski definition) is 2. The van der Waals surface area contributed by atoms with Gasteiger partial charge in [0.15, 0.2) is 0 Å². The molecule has 2 aliphatic heterocycles. The van der Waals surface area contributed by atoms with E-state index in [-0.39, 0.29) is 5.91 Å². The Balaban J connectivity index is 1.58. The number of primary amides is 1. The molecule has 1 aromatic carbocycles. The monoisotopic (exact) mass is 345 g/mol. The van der Waals surface area contributed by atoms with Crippen LogP contribution >= 0.6 is 0 Å². The number of amides is 1. The third kappa shape index (κ3) is 4.15. The minimum absolute atomic E-state index is 0.224. The number of nitrogens with two attached hydrogens (primary N) is 1. The number of carbonyl (C=O) groups excluding carboxylic acids is 1. The van der Waals surface area contributed by atoms with Gasteiger partial charge in [-0.25, -0.2) is 0 Å². The number of benzene rings is 1. The Bertz CT molecular complexity index is 625. The van der Waals surface area contributed by atoms with E-state index in [1.807, 2.05) is 6.92 Å². The minimum Gasteiger partial charge on any atom is -0.388 e. The number of hydrogen-bond acceptors (Lipinski definition) is 4. The first-order valence-corrected chi connectivity index (χ1v) is 9.36. The summed E-state index contributed by atoms with van der Waals surface area (Å²) in [6.45, 7) is 8.01. The molecule has 5 nitrogen and oxygen atoms in total. The summed E-state index contributed by atoms with van der Waals surface area (Å²) in [6.07, 6.45) is 3.32. The van der Waals surface area contributed by atoms with Crippen molar-refractivity contribution in [1.82, 2.24) is 4.90 Å². The molecular formula is C20H31N3O2. The van der Waals surface area contributed by atoms with E-state index < -0.39 is 11.0 Å². The molecule has 3 N–H and O–H groups in total. The topological polar surface area (TPSA) is 69.8 Å². The van der Waals surface area contributed by atoms with Crippen LogP contribution in [-0.4, -0.2) is 54.2 Å². The summed E-state index contributed by atoms with van der Waals surface area (Å²) >= 11 is 0. The number of likely N-dealkylation sites (tertiary alicyclic amines) is 1. The SMILES string of the molecule is Cc1cccc(N2CCC(O)(CN3CCCC(C)(C(N)=O)C3)CC2)c1. The van der Waals surface area contributed by atoms with Crippen molar-refractivity contribution in [3.63, 3.8) is 0 Å². The molecule has 0 spiro atoms. The molecule has 0 radical (unpaired) electrons. The van der Waals surface area contributed by atoms with Crippen molar-refractivity contribution in [2.24, 2.45) is 11.1 Å². The fourth-order valence-electron chi connectivity index (χ4n) is 4.26. The lowest BCUT2D eigenvalue weighted by molar-refractivity contribution is -0.131. The molecule has 1 atom stereocenters. The summed E-state index contributed by atoms with van der Waals surface area (Å²) in [7, 11) is 0. The predicted octanol–water partition coefficient (Wildman–Crippen LogP) is 1.91. The van der Waals surface area contributed by atoms with E-state index in [0.29, 0.717) is 13.1 Å². The van der Waals surface area contributed by atoms with E-state index in [0.717, 1.165) is 45.3 Å². The highest BCUT2D eigenvalue weighted by molar-refractivity contribution is 5.80. The molecule has 1 aromatic rings. The van der Waals surface area contributed by atoms with Crippen molar-refractivity contribution in [2.75, 3.05) is 37.6 Å². The maximum Gasteiger partial charge on any atom is 0.224 e. The molecular weight excluding hydrogens is 314 g/mol. The second-order valence-corrected chi connectivity index (χ2v) is 8.29. The van der Waals surface area contributed by atoms with Crippen LogP contribution in [0, 0.1) is 12.3 Å². The van der Waals surface area contributed by atoms with Crippen molar-refractivity contribution in [3.05, 3.63) is 29.8 Å². The van der Waals surface area contributed by atoms with E-state index >= 15 is 0 Å². The van der Waals surface area contributed by atoms with Gasteiger partial charge in [0.05, 0.1) is 11.0 Å². The van der Waals surface area contributed by atoms with Crippen LogP contribution in [0.25, 0.3) is 0 Å². The highest BCUT2D eigenvalue weighted by Crippen LogP contribution is 2.32. The molecule has 138 valence electrons. The van der Waals surface area contributed by atoms with Crippen LogP contribution < -0.4 is 10.6 Å². The maximum atomic E-state index is 11.7. The molecule has 1 amide bonds. The fraction of sp³-hybridized carbons (Fsp3) is 0.650. The lowest BCUT2D eigenvalue weighted by Gasteiger charge is -2.45. The standard InChI is InChI=1S/C20H31N3O2/c1-16-5-3-6-17(13-16)23-11-8-20(25,9-12-23)15-22-10-4-7-19(2,14-22)18(21)24/h3,5-6,13,25H,4,7-12,14-15H2,1-2H3,(H2,21,24). The van der Waals surface area contributed by atoms with E-state index in [2.05, 4.69) is 41.0 Å². The number of nitrogens with zero attached hydrogens (tertiary/aromatic N) is 2. The molecule has 25 heavy (non-hydrogen) atoms. The normalized spacial score (nSPS) is 27.2. The van der Waals surface area contributed by atoms with Crippen LogP contribution in [0.15, 0.2) is 24.3 Å². The third-order valence-electron chi connectivity index (χ3n) is 5.95. The summed E-state index contributed by atoms with van der Waals surface area (Å²) in [5.41, 5.74) is 6.96. The molecule has 3 rings (SSSR count). The highest BCUT2D eigenvalue weighted by atomic mass is 16.3. The first kappa shape index (κ1) is 18.2. The van der Waals surface area contributed by atoms with Gasteiger partial charge < -0.3 is 15.7 Å². The van der Waals surface area contributed by atoms with Gasteiger partial charge >= 0.3 is 0 Å². The lowest BCUT2D eigenvalue weighted by Crippen LogP contribution is -2.55. The van der Waals surface area contributed by atoms with Crippen molar-refractivity contribution in [1.29, 1.82) is 0 Å². The first-order chi connectivity index (χ1) is 11.8. The number of aryl methyl sites for hydroxylation is 1. The lowest BCUT2D eigenvalue weighted by atomic mass is 9.80. The van der Waals surface area contributed by atoms with E-state index in [1.165, 1.54) is 11.3 Å². The highest BCUT2D eigenvalue weighted by Gasteiger charge is 2.40. The Kier molecular flexibility index (Phi) is 5.07. The Morgan fingerprint density at radius 3 is 2.60 bits per heavy atom. The van der Waals surface area contributed by atoms with Gasteiger partial charge in [-0.05, 0) is 63.8 Å². The van der Waals surface area contributed by atoms with E-state index in [9.17, 15) is 9.90 Å². The maximum absolute atomic E-state index is 11.7. The summed E-state index contributed by atoms with van der Waals surface area (Å²) in [6, 6.07) is 8.54. The van der Waals surface area contributed by atoms with Crippen molar-refractivity contribution in [2.45, 2.75) is 45.1 Å². The zero-order chi connectivity index (χ0) is 18.1. The smallest absolute Gasteiger partial charge is 0.224 e. The molecule has 2 heterocycles. The summed E-state index contributed by atoms with van der Waals surface area (Å²) in [4.78, 5) is 16.3. The van der Waals surface area contributed by atoms with Gasteiger partial charge in [-0.3, -0.25) is 9.69 Å². The Morgan fingerprint density at radius 2 is 1.96 bits per heavy atom. The van der Waals surface area contributed by atoms with Crippen molar-refractivity contribution in [3.8, 4) is 0 Å². The zero-order valence-corrected chi connectivity index (χ0v) is 15.5. The molecule has 0 bridgehead atoms. The van der Waals surface area contributed by atoms with Crippen LogP contribution in [0.2, 0.25) is 0 Å². The van der Waals surface area contributed by atoms with Gasteiger partial charge in [0.1, 0.15) is 0 Å². The van der Waals surface area contributed by atoms with Crippen LogP contribution in [-0.2, 0) is 4.79 Å². The van der Waals surface area contributed by atoms with Gasteiger partial charge in [0.25, 0.3) is 0 Å². The number of anilines is 1. The predicted molar refractivity (Wildman–Crippen MR) is 101 cm³/mol. The molecule has 0 saturated carbocycles. The van der Waals surface area contributed by atoms with Crippen LogP contribution in [0.4, 0.5) is 5.69 Å². The first-order valence-electron chi connectivity index (χ1n) is 9.36. The van der Waals surface area contributed by atoms with Crippen LogP contribution in [0.5, 0.6) is 0 Å². The average molecular weight is 345 g/mol. The number of aliphatic hydroxyl groups is 1. The summed E-state index contributed by atoms with van der Waals surface area (Å²) in [5.74, 6) is -0.224. The Hall–Kier alpha value is -1.59. The molecule has 0 aromatic heterocycles. The third-order valence-corrected chi connectivity index (χ3v) is 5.95. The summed E-state index contributed by atoms with van der Waals surface area (Å²) in [5, 5.41) is 11.1. The van der Waals surface area contributed by atoms with E-state index in [1.54, 1.807) is 0 Å². The Morgan fingerprint density at radius 1 is 1.24 bits per heavy atom. The molecule has 5 heteroatoms.